The van der Waals surface area contributed by atoms with Crippen LogP contribution >= 0.6 is 23.2 Å². The van der Waals surface area contributed by atoms with Crippen molar-refractivity contribution in [1.82, 2.24) is 10.2 Å². The van der Waals surface area contributed by atoms with Gasteiger partial charge in [0, 0.05) is 29.4 Å². The van der Waals surface area contributed by atoms with E-state index in [1.807, 2.05) is 60.5 Å². The fourth-order valence-corrected chi connectivity index (χ4v) is 2.74. The van der Waals surface area contributed by atoms with Crippen molar-refractivity contribution in [3.05, 3.63) is 64.3 Å². The molecule has 0 aliphatic heterocycles. The fourth-order valence-electron chi connectivity index (χ4n) is 2.32. The molecule has 0 aliphatic carbocycles. The maximum atomic E-state index is 6.11. The Bertz CT molecular complexity index is 789. The lowest BCUT2D eigenvalue weighted by Crippen LogP contribution is -2.18. The molecule has 0 fully saturated rings. The number of hydrogen-bond donors (Lipinski definition) is 0. The van der Waals surface area contributed by atoms with E-state index in [2.05, 4.69) is 10.2 Å². The summed E-state index contributed by atoms with van der Waals surface area (Å²) in [6.45, 7) is 0.695. The summed E-state index contributed by atoms with van der Waals surface area (Å²) < 4.78 is 0. The number of rotatable bonds is 3. The number of aromatic nitrogens is 2. The monoisotopic (exact) mass is 317 g/mol. The maximum Gasteiger partial charge on any atom is 0.159 e. The summed E-state index contributed by atoms with van der Waals surface area (Å²) in [5.74, 6) is 0.801. The topological polar surface area (TPSA) is 29.0 Å². The zero-order valence-electron chi connectivity index (χ0n) is 11.4. The number of halogens is 2. The highest BCUT2D eigenvalue weighted by Gasteiger charge is 2.11. The largest absolute Gasteiger partial charge is 0.353 e. The van der Waals surface area contributed by atoms with Crippen molar-refractivity contribution in [2.24, 2.45) is 0 Å². The summed E-state index contributed by atoms with van der Waals surface area (Å²) >= 11 is 12.1. The molecule has 1 aromatic heterocycles. The molecule has 2 aromatic carbocycles. The molecule has 0 N–H and O–H groups in total. The van der Waals surface area contributed by atoms with Gasteiger partial charge in [-0.3, -0.25) is 0 Å². The van der Waals surface area contributed by atoms with E-state index in [9.17, 15) is 0 Å². The maximum absolute atomic E-state index is 6.11. The van der Waals surface area contributed by atoms with E-state index < -0.39 is 0 Å². The normalized spacial score (nSPS) is 10.8. The minimum atomic E-state index is 0.422. The molecular weight excluding hydrogens is 305 g/mol. The lowest BCUT2D eigenvalue weighted by molar-refractivity contribution is 0.876. The predicted molar refractivity (Wildman–Crippen MR) is 88.1 cm³/mol. The number of hydrogen-bond acceptors (Lipinski definition) is 3. The minimum Gasteiger partial charge on any atom is -0.353 e. The van der Waals surface area contributed by atoms with E-state index in [1.54, 1.807) is 0 Å². The van der Waals surface area contributed by atoms with E-state index in [1.165, 1.54) is 0 Å². The van der Waals surface area contributed by atoms with Gasteiger partial charge in [0.25, 0.3) is 0 Å². The summed E-state index contributed by atoms with van der Waals surface area (Å²) in [4.78, 5) is 2.04. The van der Waals surface area contributed by atoms with Crippen LogP contribution in [0.1, 0.15) is 5.56 Å². The zero-order chi connectivity index (χ0) is 14.8. The quantitative estimate of drug-likeness (QED) is 0.708. The van der Waals surface area contributed by atoms with Gasteiger partial charge in [0.1, 0.15) is 0 Å². The average Bonchev–Trinajstić information content (AvgIpc) is 2.48. The van der Waals surface area contributed by atoms with E-state index in [0.717, 1.165) is 27.2 Å². The van der Waals surface area contributed by atoms with Crippen LogP contribution in [0.2, 0.25) is 10.2 Å². The van der Waals surface area contributed by atoms with Crippen LogP contribution in [0.25, 0.3) is 10.8 Å². The summed E-state index contributed by atoms with van der Waals surface area (Å²) in [6, 6.07) is 15.6. The highest BCUT2D eigenvalue weighted by Crippen LogP contribution is 2.28. The van der Waals surface area contributed by atoms with Crippen LogP contribution < -0.4 is 4.90 Å². The third kappa shape index (κ3) is 2.94. The van der Waals surface area contributed by atoms with Crippen molar-refractivity contribution in [1.29, 1.82) is 0 Å². The Hall–Kier alpha value is -1.84. The van der Waals surface area contributed by atoms with E-state index in [0.29, 0.717) is 11.7 Å². The minimum absolute atomic E-state index is 0.422. The van der Waals surface area contributed by atoms with Crippen molar-refractivity contribution in [3.8, 4) is 0 Å². The first-order valence-electron chi connectivity index (χ1n) is 6.51. The first-order chi connectivity index (χ1) is 10.1. The Labute approximate surface area is 133 Å². The van der Waals surface area contributed by atoms with Crippen molar-refractivity contribution in [2.45, 2.75) is 6.54 Å². The second kappa shape index (κ2) is 5.88. The van der Waals surface area contributed by atoms with Crippen LogP contribution in [0.15, 0.2) is 48.5 Å². The molecule has 0 atom stereocenters. The summed E-state index contributed by atoms with van der Waals surface area (Å²) in [7, 11) is 1.98. The number of fused-ring (bicyclic) bond motifs is 1. The molecule has 1 heterocycles. The summed E-state index contributed by atoms with van der Waals surface area (Å²) in [6.07, 6.45) is 0. The van der Waals surface area contributed by atoms with Gasteiger partial charge in [-0.2, -0.15) is 0 Å². The molecule has 21 heavy (non-hydrogen) atoms. The van der Waals surface area contributed by atoms with Gasteiger partial charge in [-0.15, -0.1) is 10.2 Å². The van der Waals surface area contributed by atoms with Crippen LogP contribution in [0.4, 0.5) is 5.82 Å². The molecule has 0 spiro atoms. The molecule has 106 valence electrons. The highest BCUT2D eigenvalue weighted by molar-refractivity contribution is 6.34. The van der Waals surface area contributed by atoms with Gasteiger partial charge < -0.3 is 4.90 Å². The van der Waals surface area contributed by atoms with Gasteiger partial charge >= 0.3 is 0 Å². The van der Waals surface area contributed by atoms with Crippen LogP contribution in [0.3, 0.4) is 0 Å². The van der Waals surface area contributed by atoms with Gasteiger partial charge in [-0.05, 0) is 17.7 Å². The van der Waals surface area contributed by atoms with Gasteiger partial charge in [0.05, 0.1) is 0 Å². The molecule has 0 bridgehead atoms. The van der Waals surface area contributed by atoms with Crippen molar-refractivity contribution in [2.75, 3.05) is 11.9 Å². The Morgan fingerprint density at radius 1 is 0.952 bits per heavy atom. The molecule has 0 aliphatic rings. The Morgan fingerprint density at radius 2 is 1.71 bits per heavy atom. The smallest absolute Gasteiger partial charge is 0.159 e. The second-order valence-corrected chi connectivity index (χ2v) is 5.64. The van der Waals surface area contributed by atoms with Crippen LogP contribution in [0, 0.1) is 0 Å². The third-order valence-corrected chi connectivity index (χ3v) is 3.81. The number of benzene rings is 2. The van der Waals surface area contributed by atoms with Crippen molar-refractivity contribution >= 4 is 39.8 Å². The van der Waals surface area contributed by atoms with Gasteiger partial charge in [-0.25, -0.2) is 0 Å². The van der Waals surface area contributed by atoms with Crippen LogP contribution in [-0.2, 0) is 6.54 Å². The van der Waals surface area contributed by atoms with E-state index >= 15 is 0 Å². The molecule has 0 amide bonds. The van der Waals surface area contributed by atoms with E-state index in [4.69, 9.17) is 23.2 Å². The van der Waals surface area contributed by atoms with Crippen molar-refractivity contribution in [3.63, 3.8) is 0 Å². The summed E-state index contributed by atoms with van der Waals surface area (Å²) in [5, 5.41) is 11.3. The third-order valence-electron chi connectivity index (χ3n) is 3.29. The molecule has 0 saturated carbocycles. The zero-order valence-corrected chi connectivity index (χ0v) is 12.9. The summed E-state index contributed by atoms with van der Waals surface area (Å²) in [5.41, 5.74) is 1.12. The second-order valence-electron chi connectivity index (χ2n) is 4.85. The molecule has 5 heteroatoms. The van der Waals surface area contributed by atoms with Crippen LogP contribution in [-0.4, -0.2) is 17.2 Å². The molecule has 3 rings (SSSR count). The Kier molecular flexibility index (Phi) is 3.95. The number of anilines is 1. The van der Waals surface area contributed by atoms with Gasteiger partial charge in [0.2, 0.25) is 0 Å². The highest BCUT2D eigenvalue weighted by atomic mass is 35.5. The molecular formula is C16H13Cl2N3. The first-order valence-corrected chi connectivity index (χ1v) is 7.27. The predicted octanol–water partition coefficient (Wildman–Crippen LogP) is 4.57. The molecule has 0 unspecified atom stereocenters. The Morgan fingerprint density at radius 3 is 2.48 bits per heavy atom. The molecule has 3 nitrogen and oxygen atoms in total. The van der Waals surface area contributed by atoms with Crippen LogP contribution in [0.5, 0.6) is 0 Å². The lowest BCUT2D eigenvalue weighted by atomic mass is 10.1. The molecule has 0 radical (unpaired) electrons. The van der Waals surface area contributed by atoms with E-state index in [-0.39, 0.29) is 0 Å². The fraction of sp³-hybridized carbons (Fsp3) is 0.125. The average molecular weight is 318 g/mol. The Balaban J connectivity index is 1.98. The van der Waals surface area contributed by atoms with Gasteiger partial charge in [0.15, 0.2) is 11.0 Å². The SMILES string of the molecule is CN(Cc1cccc(Cl)c1)c1nnc(Cl)c2ccccc12. The molecule has 3 aromatic rings. The first kappa shape index (κ1) is 14.1. The standard InChI is InChI=1S/C16H13Cl2N3/c1-21(10-11-5-4-6-12(17)9-11)16-14-8-3-2-7-13(14)15(18)19-20-16/h2-9H,10H2,1H3. The lowest BCUT2D eigenvalue weighted by Gasteiger charge is -2.19. The van der Waals surface area contributed by atoms with Gasteiger partial charge in [-0.1, -0.05) is 59.6 Å². The van der Waals surface area contributed by atoms with Crippen molar-refractivity contribution < 1.29 is 0 Å². The number of nitrogens with zero attached hydrogens (tertiary/aromatic N) is 3. The molecule has 0 saturated heterocycles.